The first-order valence-corrected chi connectivity index (χ1v) is 7.99. The zero-order valence-corrected chi connectivity index (χ0v) is 13.9. The Kier molecular flexibility index (Phi) is 6.73. The number of nitrogen functional groups attached to an aromatic ring is 1. The lowest BCUT2D eigenvalue weighted by molar-refractivity contribution is -0.122. The molecule has 3 nitrogen and oxygen atoms in total. The number of nitrogens with one attached hydrogen (secondary N) is 1. The normalized spacial score (nSPS) is 13.0. The van der Waals surface area contributed by atoms with E-state index < -0.39 is 0 Å². The molecule has 3 N–H and O–H groups in total. The van der Waals surface area contributed by atoms with Gasteiger partial charge in [0.05, 0.1) is 5.92 Å². The van der Waals surface area contributed by atoms with Crippen molar-refractivity contribution in [1.29, 1.82) is 0 Å². The van der Waals surface area contributed by atoms with E-state index >= 15 is 0 Å². The predicted octanol–water partition coefficient (Wildman–Crippen LogP) is 4.10. The van der Waals surface area contributed by atoms with Gasteiger partial charge in [-0.1, -0.05) is 52.2 Å². The lowest BCUT2D eigenvalue weighted by Gasteiger charge is -2.26. The van der Waals surface area contributed by atoms with Crippen LogP contribution in [0, 0.1) is 5.41 Å². The summed E-state index contributed by atoms with van der Waals surface area (Å²) in [5.74, 6) is -0.0934. The Bertz CT molecular complexity index is 454. The fourth-order valence-corrected chi connectivity index (χ4v) is 2.40. The lowest BCUT2D eigenvalue weighted by atomic mass is 9.86. The monoisotopic (exact) mass is 290 g/mol. The standard InChI is InChI=1S/C18H30N2O/c1-5-6-7-11-18(3,4)13-20-17(21)14(2)15-9-8-10-16(19)12-15/h8-10,12,14H,5-7,11,13,19H2,1-4H3,(H,20,21). The van der Waals surface area contributed by atoms with Crippen LogP contribution in [0.2, 0.25) is 0 Å². The van der Waals surface area contributed by atoms with Crippen molar-refractivity contribution < 1.29 is 4.79 Å². The van der Waals surface area contributed by atoms with Gasteiger partial charge in [-0.3, -0.25) is 4.79 Å². The number of hydrogen-bond donors (Lipinski definition) is 2. The summed E-state index contributed by atoms with van der Waals surface area (Å²) in [4.78, 5) is 12.3. The smallest absolute Gasteiger partial charge is 0.227 e. The topological polar surface area (TPSA) is 55.1 Å². The van der Waals surface area contributed by atoms with Crippen molar-refractivity contribution in [3.63, 3.8) is 0 Å². The van der Waals surface area contributed by atoms with Crippen molar-refractivity contribution in [3.8, 4) is 0 Å². The van der Waals surface area contributed by atoms with Crippen LogP contribution in [0.25, 0.3) is 0 Å². The quantitative estimate of drug-likeness (QED) is 0.559. The molecule has 0 heterocycles. The maximum Gasteiger partial charge on any atom is 0.227 e. The number of carbonyl (C=O) groups is 1. The predicted molar refractivity (Wildman–Crippen MR) is 90.2 cm³/mol. The molecule has 21 heavy (non-hydrogen) atoms. The van der Waals surface area contributed by atoms with Crippen molar-refractivity contribution in [2.45, 2.75) is 59.3 Å². The van der Waals surface area contributed by atoms with Gasteiger partial charge < -0.3 is 11.1 Å². The zero-order chi connectivity index (χ0) is 15.9. The number of rotatable bonds is 8. The van der Waals surface area contributed by atoms with E-state index in [1.54, 1.807) is 0 Å². The molecule has 0 radical (unpaired) electrons. The van der Waals surface area contributed by atoms with Crippen LogP contribution in [0.5, 0.6) is 0 Å². The molecule has 0 aliphatic carbocycles. The largest absolute Gasteiger partial charge is 0.399 e. The molecule has 1 rings (SSSR count). The Labute approximate surface area is 129 Å². The summed E-state index contributed by atoms with van der Waals surface area (Å²) < 4.78 is 0. The van der Waals surface area contributed by atoms with Crippen molar-refractivity contribution in [2.75, 3.05) is 12.3 Å². The third kappa shape index (κ3) is 6.19. The number of hydrogen-bond acceptors (Lipinski definition) is 2. The summed E-state index contributed by atoms with van der Waals surface area (Å²) in [5.41, 5.74) is 7.60. The molecule has 1 amide bonds. The summed E-state index contributed by atoms with van der Waals surface area (Å²) >= 11 is 0. The van der Waals surface area contributed by atoms with Crippen molar-refractivity contribution >= 4 is 11.6 Å². The van der Waals surface area contributed by atoms with E-state index in [1.165, 1.54) is 19.3 Å². The Balaban J connectivity index is 2.49. The van der Waals surface area contributed by atoms with Crippen LogP contribution in [0.1, 0.15) is 64.9 Å². The molecule has 0 aromatic heterocycles. The van der Waals surface area contributed by atoms with Crippen molar-refractivity contribution in [2.24, 2.45) is 5.41 Å². The third-order valence-corrected chi connectivity index (χ3v) is 4.00. The first kappa shape index (κ1) is 17.5. The number of anilines is 1. The van der Waals surface area contributed by atoms with Gasteiger partial charge in [0.25, 0.3) is 0 Å². The molecule has 1 atom stereocenters. The fourth-order valence-electron chi connectivity index (χ4n) is 2.40. The highest BCUT2D eigenvalue weighted by atomic mass is 16.1. The van der Waals surface area contributed by atoms with E-state index in [2.05, 4.69) is 26.1 Å². The molecule has 0 saturated heterocycles. The SMILES string of the molecule is CCCCCC(C)(C)CNC(=O)C(C)c1cccc(N)c1. The molecular formula is C18H30N2O. The van der Waals surface area contributed by atoms with Crippen LogP contribution >= 0.6 is 0 Å². The van der Waals surface area contributed by atoms with Crippen LogP contribution < -0.4 is 11.1 Å². The molecule has 0 fully saturated rings. The second kappa shape index (κ2) is 8.06. The fraction of sp³-hybridized carbons (Fsp3) is 0.611. The average Bonchev–Trinajstić information content (AvgIpc) is 2.44. The maximum absolute atomic E-state index is 12.3. The van der Waals surface area contributed by atoms with E-state index in [0.29, 0.717) is 5.69 Å². The molecule has 0 aliphatic heterocycles. The highest BCUT2D eigenvalue weighted by molar-refractivity contribution is 5.83. The van der Waals surface area contributed by atoms with Gasteiger partial charge in [0, 0.05) is 12.2 Å². The summed E-state index contributed by atoms with van der Waals surface area (Å²) in [5, 5.41) is 3.09. The molecule has 118 valence electrons. The first-order valence-electron chi connectivity index (χ1n) is 7.99. The molecule has 0 spiro atoms. The number of amides is 1. The molecule has 1 aromatic carbocycles. The van der Waals surface area contributed by atoms with Gasteiger partial charge in [-0.2, -0.15) is 0 Å². The van der Waals surface area contributed by atoms with Crippen LogP contribution in [-0.2, 0) is 4.79 Å². The summed E-state index contributed by atoms with van der Waals surface area (Å²) in [6.45, 7) is 9.29. The number of nitrogens with two attached hydrogens (primary N) is 1. The zero-order valence-electron chi connectivity index (χ0n) is 13.9. The number of carbonyl (C=O) groups excluding carboxylic acids is 1. The molecule has 1 aromatic rings. The molecule has 0 aliphatic rings. The average molecular weight is 290 g/mol. The third-order valence-electron chi connectivity index (χ3n) is 4.00. The molecule has 0 saturated carbocycles. The summed E-state index contributed by atoms with van der Waals surface area (Å²) in [7, 11) is 0. The first-order chi connectivity index (χ1) is 9.85. The minimum absolute atomic E-state index is 0.0733. The van der Waals surface area contributed by atoms with Gasteiger partial charge in [-0.05, 0) is 36.5 Å². The van der Waals surface area contributed by atoms with Crippen molar-refractivity contribution in [1.82, 2.24) is 5.32 Å². The second-order valence-corrected chi connectivity index (χ2v) is 6.73. The number of unbranched alkanes of at least 4 members (excludes halogenated alkanes) is 2. The van der Waals surface area contributed by atoms with Crippen molar-refractivity contribution in [3.05, 3.63) is 29.8 Å². The minimum atomic E-state index is -0.167. The summed E-state index contributed by atoms with van der Waals surface area (Å²) in [6, 6.07) is 7.55. The van der Waals surface area contributed by atoms with Gasteiger partial charge in [-0.25, -0.2) is 0 Å². The minimum Gasteiger partial charge on any atom is -0.399 e. The Morgan fingerprint density at radius 1 is 1.33 bits per heavy atom. The van der Waals surface area contributed by atoms with E-state index in [-0.39, 0.29) is 17.2 Å². The van der Waals surface area contributed by atoms with Gasteiger partial charge in [0.1, 0.15) is 0 Å². The van der Waals surface area contributed by atoms with Crippen LogP contribution in [0.15, 0.2) is 24.3 Å². The van der Waals surface area contributed by atoms with E-state index in [1.807, 2.05) is 31.2 Å². The van der Waals surface area contributed by atoms with Gasteiger partial charge in [0.15, 0.2) is 0 Å². The summed E-state index contributed by atoms with van der Waals surface area (Å²) in [6.07, 6.45) is 4.86. The molecule has 3 heteroatoms. The Hall–Kier alpha value is -1.51. The van der Waals surface area contributed by atoms with Crippen LogP contribution in [-0.4, -0.2) is 12.5 Å². The Morgan fingerprint density at radius 3 is 2.67 bits per heavy atom. The van der Waals surface area contributed by atoms with Gasteiger partial charge >= 0.3 is 0 Å². The second-order valence-electron chi connectivity index (χ2n) is 6.73. The van der Waals surface area contributed by atoms with Gasteiger partial charge in [0.2, 0.25) is 5.91 Å². The molecule has 0 bridgehead atoms. The van der Waals surface area contributed by atoms with Gasteiger partial charge in [-0.15, -0.1) is 0 Å². The highest BCUT2D eigenvalue weighted by Gasteiger charge is 2.21. The molecule has 1 unspecified atom stereocenters. The van der Waals surface area contributed by atoms with E-state index in [9.17, 15) is 4.79 Å². The highest BCUT2D eigenvalue weighted by Crippen LogP contribution is 2.23. The maximum atomic E-state index is 12.3. The van der Waals surface area contributed by atoms with E-state index in [4.69, 9.17) is 5.73 Å². The lowest BCUT2D eigenvalue weighted by Crippen LogP contribution is -2.36. The van der Waals surface area contributed by atoms with Crippen LogP contribution in [0.4, 0.5) is 5.69 Å². The van der Waals surface area contributed by atoms with E-state index in [0.717, 1.165) is 18.5 Å². The Morgan fingerprint density at radius 2 is 2.05 bits per heavy atom. The van der Waals surface area contributed by atoms with Crippen LogP contribution in [0.3, 0.4) is 0 Å². The molecular weight excluding hydrogens is 260 g/mol. The number of benzene rings is 1.